The Kier molecular flexibility index (Phi) is 4.66. The molecule has 0 aliphatic heterocycles. The summed E-state index contributed by atoms with van der Waals surface area (Å²) in [5.74, 6) is 0.322. The Morgan fingerprint density at radius 1 is 1.19 bits per heavy atom. The summed E-state index contributed by atoms with van der Waals surface area (Å²) < 4.78 is 7.86. The van der Waals surface area contributed by atoms with Gasteiger partial charge in [0.2, 0.25) is 0 Å². The number of nitrogens with zero attached hydrogens (tertiary/aromatic N) is 2. The number of aromatic amines is 1. The van der Waals surface area contributed by atoms with Gasteiger partial charge in [0.15, 0.2) is 0 Å². The number of benzene rings is 2. The number of nitrogens with one attached hydrogen (secondary N) is 3. The van der Waals surface area contributed by atoms with Crippen LogP contribution in [0.2, 0.25) is 0 Å². The summed E-state index contributed by atoms with van der Waals surface area (Å²) in [6.07, 6.45) is 1.51. The van der Waals surface area contributed by atoms with Crippen molar-refractivity contribution in [3.8, 4) is 0 Å². The van der Waals surface area contributed by atoms with Crippen LogP contribution in [0.15, 0.2) is 53.7 Å². The van der Waals surface area contributed by atoms with Crippen LogP contribution in [0.3, 0.4) is 0 Å². The summed E-state index contributed by atoms with van der Waals surface area (Å²) in [5.41, 5.74) is 2.91. The lowest BCUT2D eigenvalue weighted by atomic mass is 10.1. The van der Waals surface area contributed by atoms with Crippen molar-refractivity contribution < 1.29 is 9.53 Å². The van der Waals surface area contributed by atoms with Gasteiger partial charge in [-0.25, -0.2) is 14.8 Å². The highest BCUT2D eigenvalue weighted by molar-refractivity contribution is 7.97. The number of carbonyl (C=O) groups excluding carboxylic acids is 1. The highest BCUT2D eigenvalue weighted by atomic mass is 32.2. The molecule has 4 aromatic rings. The smallest absolute Gasteiger partial charge is 0.337 e. The van der Waals surface area contributed by atoms with E-state index in [-0.39, 0.29) is 5.97 Å². The molecule has 0 unspecified atom stereocenters. The summed E-state index contributed by atoms with van der Waals surface area (Å²) in [5, 5.41) is 5.17. The minimum atomic E-state index is -0.376. The number of esters is 1. The summed E-state index contributed by atoms with van der Waals surface area (Å²) in [6.45, 7) is 0. The third-order valence-corrected chi connectivity index (χ3v) is 4.82. The van der Waals surface area contributed by atoms with E-state index in [1.807, 2.05) is 37.4 Å². The lowest BCUT2D eigenvalue weighted by molar-refractivity contribution is 0.0601. The second-order valence-corrected chi connectivity index (χ2v) is 6.87. The van der Waals surface area contributed by atoms with Gasteiger partial charge in [0.05, 0.1) is 18.1 Å². The molecule has 8 heteroatoms. The molecular formula is C19H17N5O2S. The van der Waals surface area contributed by atoms with Crippen molar-refractivity contribution in [1.29, 1.82) is 0 Å². The van der Waals surface area contributed by atoms with Crippen molar-refractivity contribution >= 4 is 51.4 Å². The number of carbonyl (C=O) groups is 1. The Labute approximate surface area is 159 Å². The molecule has 3 N–H and O–H groups in total. The van der Waals surface area contributed by atoms with Crippen LogP contribution in [0, 0.1) is 0 Å². The maximum atomic E-state index is 11.8. The average Bonchev–Trinajstić information content (AvgIpc) is 3.06. The fraction of sp³-hybridized carbons (Fsp3) is 0.105. The molecule has 0 spiro atoms. The standard InChI is InChI=1S/C19H17N5O2S/c1-20-27-13-5-3-4-12(9-13)23-17-16-14-7-6-11(19(25)26-2)8-15(14)24-18(16)22-10-21-17/h3-10,20H,1-2H3,(H2,21,22,23,24). The van der Waals surface area contributed by atoms with Crippen molar-refractivity contribution in [3.63, 3.8) is 0 Å². The van der Waals surface area contributed by atoms with Gasteiger partial charge in [0.25, 0.3) is 0 Å². The van der Waals surface area contributed by atoms with Gasteiger partial charge in [-0.05, 0) is 49.3 Å². The summed E-state index contributed by atoms with van der Waals surface area (Å²) in [4.78, 5) is 24.9. The second kappa shape index (κ2) is 7.26. The fourth-order valence-electron chi connectivity index (χ4n) is 2.96. The predicted octanol–water partition coefficient (Wildman–Crippen LogP) is 3.87. The molecule has 0 amide bonds. The van der Waals surface area contributed by atoms with Gasteiger partial charge >= 0.3 is 5.97 Å². The van der Waals surface area contributed by atoms with Crippen LogP contribution in [-0.4, -0.2) is 35.1 Å². The van der Waals surface area contributed by atoms with Crippen LogP contribution in [0.1, 0.15) is 10.4 Å². The van der Waals surface area contributed by atoms with Crippen molar-refractivity contribution in [2.75, 3.05) is 19.5 Å². The highest BCUT2D eigenvalue weighted by Gasteiger charge is 2.14. The quantitative estimate of drug-likeness (QED) is 0.358. The van der Waals surface area contributed by atoms with E-state index in [9.17, 15) is 4.79 Å². The monoisotopic (exact) mass is 379 g/mol. The van der Waals surface area contributed by atoms with Gasteiger partial charge in [-0.3, -0.25) is 4.72 Å². The van der Waals surface area contributed by atoms with E-state index in [1.54, 1.807) is 24.1 Å². The Balaban J connectivity index is 1.79. The van der Waals surface area contributed by atoms with Crippen LogP contribution >= 0.6 is 11.9 Å². The van der Waals surface area contributed by atoms with Crippen molar-refractivity contribution in [2.24, 2.45) is 0 Å². The number of hydrogen-bond donors (Lipinski definition) is 3. The van der Waals surface area contributed by atoms with E-state index in [0.717, 1.165) is 26.9 Å². The molecule has 0 radical (unpaired) electrons. The molecule has 136 valence electrons. The third kappa shape index (κ3) is 3.32. The second-order valence-electron chi connectivity index (χ2n) is 5.78. The van der Waals surface area contributed by atoms with Gasteiger partial charge in [0.1, 0.15) is 17.8 Å². The van der Waals surface area contributed by atoms with E-state index >= 15 is 0 Å². The number of rotatable bonds is 5. The van der Waals surface area contributed by atoms with E-state index in [2.05, 4.69) is 25.0 Å². The van der Waals surface area contributed by atoms with Gasteiger partial charge in [-0.1, -0.05) is 12.1 Å². The van der Waals surface area contributed by atoms with Gasteiger partial charge in [0, 0.05) is 21.5 Å². The molecule has 27 heavy (non-hydrogen) atoms. The molecule has 0 atom stereocenters. The maximum absolute atomic E-state index is 11.8. The zero-order valence-corrected chi connectivity index (χ0v) is 15.6. The lowest BCUT2D eigenvalue weighted by Gasteiger charge is -2.08. The van der Waals surface area contributed by atoms with Crippen LogP contribution in [0.25, 0.3) is 21.9 Å². The van der Waals surface area contributed by atoms with Crippen molar-refractivity contribution in [2.45, 2.75) is 4.90 Å². The van der Waals surface area contributed by atoms with Gasteiger partial charge < -0.3 is 15.0 Å². The number of hydrogen-bond acceptors (Lipinski definition) is 7. The SMILES string of the molecule is CNSc1cccc(Nc2ncnc3[nH]c4cc(C(=O)OC)ccc4c23)c1. The predicted molar refractivity (Wildman–Crippen MR) is 107 cm³/mol. The number of H-pyrrole nitrogens is 1. The minimum Gasteiger partial charge on any atom is -0.465 e. The topological polar surface area (TPSA) is 91.9 Å². The van der Waals surface area contributed by atoms with Crippen molar-refractivity contribution in [1.82, 2.24) is 19.7 Å². The molecular weight excluding hydrogens is 362 g/mol. The first-order chi connectivity index (χ1) is 13.2. The van der Waals surface area contributed by atoms with E-state index in [4.69, 9.17) is 4.74 Å². The minimum absolute atomic E-state index is 0.376. The van der Waals surface area contributed by atoms with Crippen molar-refractivity contribution in [3.05, 3.63) is 54.4 Å². The summed E-state index contributed by atoms with van der Waals surface area (Å²) in [7, 11) is 3.25. The molecule has 4 rings (SSSR count). The first kappa shape index (κ1) is 17.3. The van der Waals surface area contributed by atoms with E-state index in [0.29, 0.717) is 17.0 Å². The molecule has 0 saturated heterocycles. The highest BCUT2D eigenvalue weighted by Crippen LogP contribution is 2.31. The Morgan fingerprint density at radius 2 is 2.07 bits per heavy atom. The summed E-state index contributed by atoms with van der Waals surface area (Å²) >= 11 is 1.54. The normalized spacial score (nSPS) is 11.0. The first-order valence-corrected chi connectivity index (χ1v) is 9.06. The zero-order valence-electron chi connectivity index (χ0n) is 14.7. The zero-order chi connectivity index (χ0) is 18.8. The Bertz CT molecular complexity index is 1140. The maximum Gasteiger partial charge on any atom is 0.337 e. The van der Waals surface area contributed by atoms with E-state index < -0.39 is 0 Å². The molecule has 2 aromatic carbocycles. The average molecular weight is 379 g/mol. The van der Waals surface area contributed by atoms with Gasteiger partial charge in [-0.2, -0.15) is 0 Å². The molecule has 0 bridgehead atoms. The molecule has 2 heterocycles. The van der Waals surface area contributed by atoms with Crippen LogP contribution in [0.4, 0.5) is 11.5 Å². The third-order valence-electron chi connectivity index (χ3n) is 4.13. The molecule has 0 aliphatic rings. The molecule has 0 fully saturated rings. The van der Waals surface area contributed by atoms with Crippen LogP contribution < -0.4 is 10.0 Å². The fourth-order valence-corrected chi connectivity index (χ4v) is 3.53. The Morgan fingerprint density at radius 3 is 2.89 bits per heavy atom. The number of ether oxygens (including phenoxy) is 1. The Hall–Kier alpha value is -3.10. The number of fused-ring (bicyclic) bond motifs is 3. The largest absolute Gasteiger partial charge is 0.465 e. The number of methoxy groups -OCH3 is 1. The first-order valence-electron chi connectivity index (χ1n) is 8.25. The molecule has 7 nitrogen and oxygen atoms in total. The molecule has 0 saturated carbocycles. The number of anilines is 2. The number of aromatic nitrogens is 3. The van der Waals surface area contributed by atoms with Crippen LogP contribution in [-0.2, 0) is 4.74 Å². The summed E-state index contributed by atoms with van der Waals surface area (Å²) in [6, 6.07) is 13.4. The van der Waals surface area contributed by atoms with E-state index in [1.165, 1.54) is 13.4 Å². The van der Waals surface area contributed by atoms with Gasteiger partial charge in [-0.15, -0.1) is 0 Å². The lowest BCUT2D eigenvalue weighted by Crippen LogP contribution is -2.00. The molecule has 0 aliphatic carbocycles. The van der Waals surface area contributed by atoms with Crippen LogP contribution in [0.5, 0.6) is 0 Å². The molecule has 2 aromatic heterocycles.